The molecule has 0 aromatic heterocycles. The van der Waals surface area contributed by atoms with Gasteiger partial charge < -0.3 is 5.73 Å². The Balaban J connectivity index is 2.31. The lowest BCUT2D eigenvalue weighted by molar-refractivity contribution is 0.300. The lowest BCUT2D eigenvalue weighted by atomic mass is 9.69. The number of halogens is 1. The van der Waals surface area contributed by atoms with Crippen molar-refractivity contribution in [1.82, 2.24) is 0 Å². The molecule has 2 heteroatoms. The normalized spacial score (nSPS) is 19.6. The quantitative estimate of drug-likeness (QED) is 0.832. The van der Waals surface area contributed by atoms with Gasteiger partial charge in [-0.1, -0.05) is 43.5 Å². The summed E-state index contributed by atoms with van der Waals surface area (Å²) in [4.78, 5) is 0. The fourth-order valence-electron chi connectivity index (χ4n) is 2.82. The maximum Gasteiger partial charge on any atom is 0.115 e. The highest BCUT2D eigenvalue weighted by atomic mass is 19.1. The molecular weight excluding hydrogens is 201 g/mol. The zero-order valence-corrected chi connectivity index (χ0v) is 9.71. The van der Waals surface area contributed by atoms with Gasteiger partial charge in [0.2, 0.25) is 0 Å². The van der Waals surface area contributed by atoms with Crippen LogP contribution in [0.3, 0.4) is 0 Å². The van der Waals surface area contributed by atoms with Gasteiger partial charge in [0.25, 0.3) is 0 Å². The van der Waals surface area contributed by atoms with Crippen LogP contribution < -0.4 is 5.73 Å². The number of hydrogen-bond donors (Lipinski definition) is 1. The van der Waals surface area contributed by atoms with E-state index in [1.54, 1.807) is 0 Å². The Kier molecular flexibility index (Phi) is 3.59. The summed E-state index contributed by atoms with van der Waals surface area (Å²) >= 11 is 0. The molecular formula is C14H20FN. The summed E-state index contributed by atoms with van der Waals surface area (Å²) in [5, 5.41) is 0. The third-order valence-electron chi connectivity index (χ3n) is 3.90. The molecule has 0 aliphatic heterocycles. The van der Waals surface area contributed by atoms with Crippen molar-refractivity contribution in [3.8, 4) is 0 Å². The molecule has 1 fully saturated rings. The molecule has 1 saturated carbocycles. The van der Waals surface area contributed by atoms with Gasteiger partial charge in [-0.2, -0.15) is 0 Å². The topological polar surface area (TPSA) is 26.0 Å². The highest BCUT2D eigenvalue weighted by Crippen LogP contribution is 2.38. The molecule has 0 radical (unpaired) electrons. The summed E-state index contributed by atoms with van der Waals surface area (Å²) in [5.41, 5.74) is 8.10. The first kappa shape index (κ1) is 11.6. The van der Waals surface area contributed by atoms with E-state index in [4.69, 9.17) is 5.73 Å². The van der Waals surface area contributed by atoms with E-state index in [9.17, 15) is 4.39 Å². The van der Waals surface area contributed by atoms with Crippen molar-refractivity contribution in [3.63, 3.8) is 0 Å². The van der Waals surface area contributed by atoms with Gasteiger partial charge in [-0.3, -0.25) is 0 Å². The molecule has 0 bridgehead atoms. The molecule has 1 aliphatic rings. The molecule has 0 atom stereocenters. The summed E-state index contributed by atoms with van der Waals surface area (Å²) in [7, 11) is 0. The highest BCUT2D eigenvalue weighted by Gasteiger charge is 2.32. The molecule has 0 saturated heterocycles. The number of nitrogens with two attached hydrogens (primary N) is 1. The minimum Gasteiger partial charge on any atom is -0.330 e. The molecule has 0 heterocycles. The fraction of sp³-hybridized carbons (Fsp3) is 0.571. The van der Waals surface area contributed by atoms with Crippen LogP contribution in [0.2, 0.25) is 0 Å². The molecule has 16 heavy (non-hydrogen) atoms. The molecule has 0 spiro atoms. The standard InChI is InChI=1S/C14H20FN/c15-10-12-5-4-6-13(9-12)14(11-16)7-2-1-3-8-14/h4-6,9H,1-3,7-8,10-11,16H2. The summed E-state index contributed by atoms with van der Waals surface area (Å²) in [6.45, 7) is 0.303. The monoisotopic (exact) mass is 221 g/mol. The molecule has 1 aromatic rings. The molecule has 0 unspecified atom stereocenters. The second kappa shape index (κ2) is 4.96. The van der Waals surface area contributed by atoms with E-state index in [1.165, 1.54) is 24.8 Å². The van der Waals surface area contributed by atoms with Crippen molar-refractivity contribution in [2.24, 2.45) is 5.73 Å². The Bertz CT molecular complexity index is 342. The van der Waals surface area contributed by atoms with Gasteiger partial charge in [-0.05, 0) is 24.0 Å². The smallest absolute Gasteiger partial charge is 0.115 e. The molecule has 2 N–H and O–H groups in total. The fourth-order valence-corrected chi connectivity index (χ4v) is 2.82. The van der Waals surface area contributed by atoms with Gasteiger partial charge in [-0.15, -0.1) is 0 Å². The zero-order chi connectivity index (χ0) is 11.4. The van der Waals surface area contributed by atoms with E-state index in [0.717, 1.165) is 18.4 Å². The third-order valence-corrected chi connectivity index (χ3v) is 3.90. The lowest BCUT2D eigenvalue weighted by Gasteiger charge is -2.37. The second-order valence-corrected chi connectivity index (χ2v) is 4.88. The van der Waals surface area contributed by atoms with E-state index in [-0.39, 0.29) is 12.1 Å². The van der Waals surface area contributed by atoms with Gasteiger partial charge in [0.15, 0.2) is 0 Å². The number of rotatable bonds is 3. The van der Waals surface area contributed by atoms with Crippen LogP contribution in [-0.4, -0.2) is 6.54 Å². The van der Waals surface area contributed by atoms with Gasteiger partial charge in [0.05, 0.1) is 0 Å². The summed E-state index contributed by atoms with van der Waals surface area (Å²) in [5.74, 6) is 0. The van der Waals surface area contributed by atoms with Crippen LogP contribution in [0.15, 0.2) is 24.3 Å². The Labute approximate surface area is 96.9 Å². The van der Waals surface area contributed by atoms with E-state index in [2.05, 4.69) is 6.07 Å². The van der Waals surface area contributed by atoms with Crippen LogP contribution in [0, 0.1) is 0 Å². The van der Waals surface area contributed by atoms with Gasteiger partial charge in [-0.25, -0.2) is 4.39 Å². The molecule has 1 nitrogen and oxygen atoms in total. The van der Waals surface area contributed by atoms with Gasteiger partial charge >= 0.3 is 0 Å². The Morgan fingerprint density at radius 1 is 1.19 bits per heavy atom. The second-order valence-electron chi connectivity index (χ2n) is 4.88. The first-order valence-electron chi connectivity index (χ1n) is 6.16. The predicted octanol–water partition coefficient (Wildman–Crippen LogP) is 3.32. The average Bonchev–Trinajstić information content (AvgIpc) is 2.39. The minimum absolute atomic E-state index is 0.115. The van der Waals surface area contributed by atoms with E-state index in [0.29, 0.717) is 6.54 Å². The number of hydrogen-bond acceptors (Lipinski definition) is 1. The summed E-state index contributed by atoms with van der Waals surface area (Å²) < 4.78 is 12.7. The molecule has 2 rings (SSSR count). The molecule has 1 aromatic carbocycles. The average molecular weight is 221 g/mol. The van der Waals surface area contributed by atoms with Crippen molar-refractivity contribution in [2.45, 2.75) is 44.2 Å². The zero-order valence-electron chi connectivity index (χ0n) is 9.71. The van der Waals surface area contributed by atoms with E-state index < -0.39 is 0 Å². The van der Waals surface area contributed by atoms with Crippen molar-refractivity contribution in [2.75, 3.05) is 6.54 Å². The van der Waals surface area contributed by atoms with E-state index >= 15 is 0 Å². The number of alkyl halides is 1. The van der Waals surface area contributed by atoms with Gasteiger partial charge in [0.1, 0.15) is 6.67 Å². The maximum absolute atomic E-state index is 12.7. The summed E-state index contributed by atoms with van der Waals surface area (Å²) in [6.07, 6.45) is 6.11. The first-order valence-corrected chi connectivity index (χ1v) is 6.16. The largest absolute Gasteiger partial charge is 0.330 e. The van der Waals surface area contributed by atoms with Crippen LogP contribution in [0.1, 0.15) is 43.2 Å². The highest BCUT2D eigenvalue weighted by molar-refractivity contribution is 5.31. The van der Waals surface area contributed by atoms with Gasteiger partial charge in [0, 0.05) is 12.0 Å². The minimum atomic E-state index is -0.380. The maximum atomic E-state index is 12.7. The van der Waals surface area contributed by atoms with Crippen molar-refractivity contribution in [3.05, 3.63) is 35.4 Å². The van der Waals surface area contributed by atoms with Crippen molar-refractivity contribution >= 4 is 0 Å². The van der Waals surface area contributed by atoms with Crippen molar-refractivity contribution in [1.29, 1.82) is 0 Å². The van der Waals surface area contributed by atoms with Crippen molar-refractivity contribution < 1.29 is 4.39 Å². The summed E-state index contributed by atoms with van der Waals surface area (Å²) in [6, 6.07) is 7.91. The van der Waals surface area contributed by atoms with E-state index in [1.807, 2.05) is 18.2 Å². The Morgan fingerprint density at radius 3 is 2.56 bits per heavy atom. The third kappa shape index (κ3) is 2.12. The van der Waals surface area contributed by atoms with Crippen LogP contribution in [0.4, 0.5) is 4.39 Å². The molecule has 0 amide bonds. The SMILES string of the molecule is NCC1(c2cccc(CF)c2)CCCCC1. The molecule has 1 aliphatic carbocycles. The Hall–Kier alpha value is -0.890. The van der Waals surface area contributed by atoms with Crippen LogP contribution in [-0.2, 0) is 12.1 Å². The van der Waals surface area contributed by atoms with Crippen LogP contribution in [0.25, 0.3) is 0 Å². The number of benzene rings is 1. The first-order chi connectivity index (χ1) is 7.80. The molecule has 88 valence electrons. The van der Waals surface area contributed by atoms with Crippen LogP contribution >= 0.6 is 0 Å². The van der Waals surface area contributed by atoms with Crippen LogP contribution in [0.5, 0.6) is 0 Å². The Morgan fingerprint density at radius 2 is 1.94 bits per heavy atom. The predicted molar refractivity (Wildman–Crippen MR) is 65.1 cm³/mol. The lowest BCUT2D eigenvalue weighted by Crippen LogP contribution is -2.37.